The molecule has 0 bridgehead atoms. The summed E-state index contributed by atoms with van der Waals surface area (Å²) in [4.78, 5) is 6.57. The molecule has 5 unspecified atom stereocenters. The van der Waals surface area contributed by atoms with Crippen molar-refractivity contribution in [2.24, 2.45) is 21.6 Å². The van der Waals surface area contributed by atoms with Crippen molar-refractivity contribution in [2.75, 3.05) is 24.6 Å². The lowest BCUT2D eigenvalue weighted by atomic mass is 9.94. The minimum atomic E-state index is -1.50. The second kappa shape index (κ2) is 5.69. The first-order valence-corrected chi connectivity index (χ1v) is 9.31. The van der Waals surface area contributed by atoms with Gasteiger partial charge in [0, 0.05) is 24.7 Å². The molecule has 1 saturated heterocycles. The number of hydrogen-bond donors (Lipinski definition) is 1. The van der Waals surface area contributed by atoms with Crippen LogP contribution in [0, 0.1) is 33.5 Å². The zero-order chi connectivity index (χ0) is 19.4. The lowest BCUT2D eigenvalue weighted by Gasteiger charge is -2.26. The summed E-state index contributed by atoms with van der Waals surface area (Å²) in [7, 11) is 0. The number of nitriles is 2. The number of nitrogens with two attached hydrogens (primary N) is 1. The Kier molecular flexibility index (Phi) is 3.75. The van der Waals surface area contributed by atoms with Crippen LogP contribution in [0.15, 0.2) is 29.3 Å². The summed E-state index contributed by atoms with van der Waals surface area (Å²) in [5.41, 5.74) is 5.67. The van der Waals surface area contributed by atoms with Crippen LogP contribution in [0.5, 0.6) is 0 Å². The molecule has 1 aliphatic carbocycles. The van der Waals surface area contributed by atoms with Gasteiger partial charge in [-0.2, -0.15) is 10.5 Å². The maximum Gasteiger partial charge on any atom is 0.293 e. The Morgan fingerprint density at radius 1 is 1.22 bits per heavy atom. The molecule has 0 radical (unpaired) electrons. The van der Waals surface area contributed by atoms with Gasteiger partial charge in [0.15, 0.2) is 5.41 Å². The SMILES string of the molecule is CCN(CC)c1ccc(C2C3(C#N)C(N)=NC4(OCC(C)O4)C23C#N)cc1. The maximum atomic E-state index is 10.1. The molecule has 2 aliphatic heterocycles. The number of fused-ring (bicyclic) bond motifs is 2. The van der Waals surface area contributed by atoms with Crippen LogP contribution >= 0.6 is 0 Å². The lowest BCUT2D eigenvalue weighted by Crippen LogP contribution is -2.39. The van der Waals surface area contributed by atoms with E-state index in [0.29, 0.717) is 6.61 Å². The minimum Gasteiger partial charge on any atom is -0.386 e. The monoisotopic (exact) mass is 365 g/mol. The molecular formula is C20H23N5O2. The van der Waals surface area contributed by atoms with Gasteiger partial charge in [-0.05, 0) is 38.5 Å². The van der Waals surface area contributed by atoms with E-state index in [-0.39, 0.29) is 11.9 Å². The Bertz CT molecular complexity index is 881. The standard InChI is InChI=1S/C20H23N5O2/c1-4-25(5-2)15-8-6-14(7-9-15)16-18(11-21)17(23)24-20(19(16,18)12-22)26-10-13(3)27-20/h6-9,13,16H,4-5,10H2,1-3H3,(H2,23,24). The van der Waals surface area contributed by atoms with Crippen molar-refractivity contribution in [3.8, 4) is 12.1 Å². The number of amidine groups is 1. The summed E-state index contributed by atoms with van der Waals surface area (Å²) < 4.78 is 11.8. The van der Waals surface area contributed by atoms with Gasteiger partial charge in [0.2, 0.25) is 0 Å². The van der Waals surface area contributed by atoms with Gasteiger partial charge < -0.3 is 20.1 Å². The molecule has 0 aromatic heterocycles. The number of hydrogen-bond acceptors (Lipinski definition) is 7. The minimum absolute atomic E-state index is 0.124. The Morgan fingerprint density at radius 3 is 2.37 bits per heavy atom. The van der Waals surface area contributed by atoms with Crippen LogP contribution in [0.2, 0.25) is 0 Å². The number of ether oxygens (including phenoxy) is 2. The van der Waals surface area contributed by atoms with E-state index in [0.717, 1.165) is 24.3 Å². The van der Waals surface area contributed by atoms with E-state index in [4.69, 9.17) is 15.2 Å². The third kappa shape index (κ3) is 1.88. The molecule has 4 rings (SSSR count). The van der Waals surface area contributed by atoms with E-state index in [1.165, 1.54) is 0 Å². The molecule has 2 heterocycles. The molecule has 7 nitrogen and oxygen atoms in total. The molecule has 7 heteroatoms. The number of nitrogens with zero attached hydrogens (tertiary/aromatic N) is 4. The van der Waals surface area contributed by atoms with Crippen molar-refractivity contribution in [3.63, 3.8) is 0 Å². The zero-order valence-electron chi connectivity index (χ0n) is 15.8. The van der Waals surface area contributed by atoms with E-state index in [1.54, 1.807) is 0 Å². The van der Waals surface area contributed by atoms with Gasteiger partial charge in [0.1, 0.15) is 11.3 Å². The van der Waals surface area contributed by atoms with Crippen molar-refractivity contribution >= 4 is 11.5 Å². The summed E-state index contributed by atoms with van der Waals surface area (Å²) in [5, 5.41) is 20.2. The maximum absolute atomic E-state index is 10.1. The average Bonchev–Trinajstić information content (AvgIpc) is 3.07. The van der Waals surface area contributed by atoms with Gasteiger partial charge in [0.25, 0.3) is 5.91 Å². The molecular weight excluding hydrogens is 342 g/mol. The topological polar surface area (TPSA) is 108 Å². The van der Waals surface area contributed by atoms with Gasteiger partial charge in [-0.3, -0.25) is 0 Å². The molecule has 2 fully saturated rings. The molecule has 3 aliphatic rings. The van der Waals surface area contributed by atoms with Crippen LogP contribution < -0.4 is 10.6 Å². The fourth-order valence-corrected chi connectivity index (χ4v) is 4.83. The quantitative estimate of drug-likeness (QED) is 0.875. The molecule has 27 heavy (non-hydrogen) atoms. The summed E-state index contributed by atoms with van der Waals surface area (Å²) in [5.74, 6) is -1.81. The summed E-state index contributed by atoms with van der Waals surface area (Å²) in [6, 6.07) is 12.6. The van der Waals surface area contributed by atoms with E-state index in [1.807, 2.05) is 31.2 Å². The Balaban J connectivity index is 1.78. The van der Waals surface area contributed by atoms with Gasteiger partial charge in [0.05, 0.1) is 24.8 Å². The molecule has 140 valence electrons. The van der Waals surface area contributed by atoms with Crippen LogP contribution in [0.3, 0.4) is 0 Å². The van der Waals surface area contributed by atoms with E-state index < -0.39 is 22.7 Å². The first-order chi connectivity index (χ1) is 13.0. The second-order valence-electron chi connectivity index (χ2n) is 7.35. The highest BCUT2D eigenvalue weighted by Gasteiger charge is 2.94. The Labute approximate surface area is 159 Å². The number of rotatable bonds is 4. The highest BCUT2D eigenvalue weighted by molar-refractivity contribution is 6.00. The van der Waals surface area contributed by atoms with E-state index in [2.05, 4.69) is 35.9 Å². The van der Waals surface area contributed by atoms with Crippen LogP contribution in [0.4, 0.5) is 5.69 Å². The first-order valence-electron chi connectivity index (χ1n) is 9.31. The van der Waals surface area contributed by atoms with Crippen LogP contribution in [-0.2, 0) is 9.47 Å². The van der Waals surface area contributed by atoms with Gasteiger partial charge in [-0.1, -0.05) is 12.1 Å². The molecule has 0 amide bonds. The van der Waals surface area contributed by atoms with Crippen molar-refractivity contribution < 1.29 is 9.47 Å². The molecule has 1 aromatic carbocycles. The Hall–Kier alpha value is -2.61. The van der Waals surface area contributed by atoms with Gasteiger partial charge in [-0.15, -0.1) is 0 Å². The van der Waals surface area contributed by atoms with Crippen LogP contribution in [0.25, 0.3) is 0 Å². The van der Waals surface area contributed by atoms with Gasteiger partial charge >= 0.3 is 0 Å². The van der Waals surface area contributed by atoms with Crippen molar-refractivity contribution in [3.05, 3.63) is 29.8 Å². The third-order valence-electron chi connectivity index (χ3n) is 6.16. The summed E-state index contributed by atoms with van der Waals surface area (Å²) in [6.07, 6.45) is -0.215. The number of aliphatic imine (C=N–C) groups is 1. The highest BCUT2D eigenvalue weighted by atomic mass is 16.8. The highest BCUT2D eigenvalue weighted by Crippen LogP contribution is 2.82. The Morgan fingerprint density at radius 2 is 1.89 bits per heavy atom. The third-order valence-corrected chi connectivity index (χ3v) is 6.16. The summed E-state index contributed by atoms with van der Waals surface area (Å²) in [6.45, 7) is 8.20. The number of benzene rings is 1. The first kappa shape index (κ1) is 17.8. The smallest absolute Gasteiger partial charge is 0.293 e. The van der Waals surface area contributed by atoms with E-state index in [9.17, 15) is 10.5 Å². The number of anilines is 1. The normalized spacial score (nSPS) is 38.8. The lowest BCUT2D eigenvalue weighted by molar-refractivity contribution is -0.193. The molecule has 1 saturated carbocycles. The van der Waals surface area contributed by atoms with Crippen LogP contribution in [-0.4, -0.2) is 37.5 Å². The fourth-order valence-electron chi connectivity index (χ4n) is 4.83. The van der Waals surface area contributed by atoms with Crippen molar-refractivity contribution in [1.29, 1.82) is 10.5 Å². The largest absolute Gasteiger partial charge is 0.386 e. The zero-order valence-corrected chi connectivity index (χ0v) is 15.8. The molecule has 1 spiro atoms. The molecule has 5 atom stereocenters. The van der Waals surface area contributed by atoms with Crippen molar-refractivity contribution in [1.82, 2.24) is 0 Å². The fraction of sp³-hybridized carbons (Fsp3) is 0.550. The van der Waals surface area contributed by atoms with Crippen LogP contribution in [0.1, 0.15) is 32.3 Å². The van der Waals surface area contributed by atoms with Crippen molar-refractivity contribution in [2.45, 2.75) is 38.7 Å². The average molecular weight is 365 g/mol. The van der Waals surface area contributed by atoms with Gasteiger partial charge in [-0.25, -0.2) is 4.99 Å². The second-order valence-corrected chi connectivity index (χ2v) is 7.35. The molecule has 1 aromatic rings. The predicted octanol–water partition coefficient (Wildman–Crippen LogP) is 2.11. The molecule has 2 N–H and O–H groups in total. The predicted molar refractivity (Wildman–Crippen MR) is 99.7 cm³/mol. The summed E-state index contributed by atoms with van der Waals surface area (Å²) >= 11 is 0. The van der Waals surface area contributed by atoms with E-state index >= 15 is 0 Å².